The van der Waals surface area contributed by atoms with Gasteiger partial charge in [0.15, 0.2) is 0 Å². The maximum atomic E-state index is 12.2. The Hall–Kier alpha value is -2.62. The molecule has 4 nitrogen and oxygen atoms in total. The van der Waals surface area contributed by atoms with Gasteiger partial charge in [-0.05, 0) is 37.6 Å². The predicted octanol–water partition coefficient (Wildman–Crippen LogP) is 3.73. The summed E-state index contributed by atoms with van der Waals surface area (Å²) >= 11 is 0. The third-order valence-corrected chi connectivity index (χ3v) is 4.10. The summed E-state index contributed by atoms with van der Waals surface area (Å²) in [6.45, 7) is 5.68. The second kappa shape index (κ2) is 7.30. The van der Waals surface area contributed by atoms with Crippen molar-refractivity contribution in [3.8, 4) is 0 Å². The number of aryl methyl sites for hydroxylation is 2. The number of para-hydroxylation sites is 2. The number of imidazole rings is 1. The van der Waals surface area contributed by atoms with E-state index in [1.54, 1.807) is 0 Å². The number of hydrogen-bond acceptors (Lipinski definition) is 2. The first-order valence-corrected chi connectivity index (χ1v) is 8.48. The number of carbonyl (C=O) groups is 1. The first-order valence-electron chi connectivity index (χ1n) is 8.48. The van der Waals surface area contributed by atoms with Crippen molar-refractivity contribution in [2.75, 3.05) is 6.54 Å². The van der Waals surface area contributed by atoms with Crippen LogP contribution in [0.25, 0.3) is 11.0 Å². The van der Waals surface area contributed by atoms with Gasteiger partial charge < -0.3 is 9.88 Å². The van der Waals surface area contributed by atoms with Gasteiger partial charge in [-0.15, -0.1) is 0 Å². The van der Waals surface area contributed by atoms with Gasteiger partial charge in [0.1, 0.15) is 5.82 Å². The Labute approximate surface area is 142 Å². The lowest BCUT2D eigenvalue weighted by Gasteiger charge is -2.09. The SMILES string of the molecule is CCCn1c(CCNC(=O)c2cccc(C)c2)nc2ccccc21. The van der Waals surface area contributed by atoms with Gasteiger partial charge in [-0.3, -0.25) is 4.79 Å². The van der Waals surface area contributed by atoms with Crippen LogP contribution in [0.5, 0.6) is 0 Å². The number of nitrogens with one attached hydrogen (secondary N) is 1. The number of benzene rings is 2. The lowest BCUT2D eigenvalue weighted by atomic mass is 10.1. The monoisotopic (exact) mass is 321 g/mol. The minimum Gasteiger partial charge on any atom is -0.352 e. The maximum absolute atomic E-state index is 12.2. The molecule has 0 spiro atoms. The molecule has 24 heavy (non-hydrogen) atoms. The van der Waals surface area contributed by atoms with Crippen LogP contribution in [-0.2, 0) is 13.0 Å². The van der Waals surface area contributed by atoms with Crippen LogP contribution < -0.4 is 5.32 Å². The topological polar surface area (TPSA) is 46.9 Å². The van der Waals surface area contributed by atoms with Gasteiger partial charge in [0.05, 0.1) is 11.0 Å². The summed E-state index contributed by atoms with van der Waals surface area (Å²) in [7, 11) is 0. The van der Waals surface area contributed by atoms with E-state index in [0.29, 0.717) is 12.1 Å². The fourth-order valence-corrected chi connectivity index (χ4v) is 2.97. The zero-order chi connectivity index (χ0) is 16.9. The van der Waals surface area contributed by atoms with Gasteiger partial charge >= 0.3 is 0 Å². The highest BCUT2D eigenvalue weighted by Crippen LogP contribution is 2.16. The van der Waals surface area contributed by atoms with Gasteiger partial charge in [0, 0.05) is 25.1 Å². The molecular weight excluding hydrogens is 298 g/mol. The molecule has 1 N–H and O–H groups in total. The van der Waals surface area contributed by atoms with E-state index in [2.05, 4.69) is 22.9 Å². The van der Waals surface area contributed by atoms with E-state index in [1.807, 2.05) is 49.4 Å². The molecule has 0 saturated heterocycles. The maximum Gasteiger partial charge on any atom is 0.251 e. The van der Waals surface area contributed by atoms with Crippen LogP contribution in [0.3, 0.4) is 0 Å². The number of fused-ring (bicyclic) bond motifs is 1. The van der Waals surface area contributed by atoms with Crippen molar-refractivity contribution in [3.05, 3.63) is 65.5 Å². The first kappa shape index (κ1) is 16.2. The van der Waals surface area contributed by atoms with Crippen LogP contribution in [0.1, 0.15) is 35.1 Å². The Morgan fingerprint density at radius 1 is 1.17 bits per heavy atom. The van der Waals surface area contributed by atoms with E-state index in [-0.39, 0.29) is 5.91 Å². The van der Waals surface area contributed by atoms with Crippen LogP contribution in [0, 0.1) is 6.92 Å². The van der Waals surface area contributed by atoms with E-state index in [9.17, 15) is 4.79 Å². The molecule has 1 heterocycles. The molecule has 0 unspecified atom stereocenters. The van der Waals surface area contributed by atoms with Gasteiger partial charge in [0.2, 0.25) is 0 Å². The number of nitrogens with zero attached hydrogens (tertiary/aromatic N) is 2. The molecule has 0 radical (unpaired) electrons. The Bertz CT molecular complexity index is 851. The first-order chi connectivity index (χ1) is 11.7. The van der Waals surface area contributed by atoms with Crippen LogP contribution >= 0.6 is 0 Å². The number of aromatic nitrogens is 2. The predicted molar refractivity (Wildman–Crippen MR) is 97.2 cm³/mol. The zero-order valence-corrected chi connectivity index (χ0v) is 14.2. The van der Waals surface area contributed by atoms with Crippen molar-refractivity contribution in [2.45, 2.75) is 33.2 Å². The molecule has 0 aliphatic rings. The van der Waals surface area contributed by atoms with Crippen LogP contribution in [-0.4, -0.2) is 22.0 Å². The van der Waals surface area contributed by atoms with E-state index in [0.717, 1.165) is 36.3 Å². The third-order valence-electron chi connectivity index (χ3n) is 4.10. The van der Waals surface area contributed by atoms with Crippen molar-refractivity contribution in [3.63, 3.8) is 0 Å². The molecule has 1 aromatic heterocycles. The highest BCUT2D eigenvalue weighted by molar-refractivity contribution is 5.94. The molecule has 0 fully saturated rings. The number of amides is 1. The van der Waals surface area contributed by atoms with E-state index < -0.39 is 0 Å². The molecule has 0 atom stereocenters. The summed E-state index contributed by atoms with van der Waals surface area (Å²) in [4.78, 5) is 17.0. The van der Waals surface area contributed by atoms with Crippen molar-refractivity contribution in [1.29, 1.82) is 0 Å². The molecule has 3 aromatic rings. The summed E-state index contributed by atoms with van der Waals surface area (Å²) in [6, 6.07) is 15.8. The minimum atomic E-state index is -0.0307. The summed E-state index contributed by atoms with van der Waals surface area (Å²) in [5.74, 6) is 0.999. The molecule has 0 bridgehead atoms. The molecule has 124 valence electrons. The zero-order valence-electron chi connectivity index (χ0n) is 14.2. The molecule has 0 aliphatic heterocycles. The Morgan fingerprint density at radius 2 is 2.00 bits per heavy atom. The van der Waals surface area contributed by atoms with E-state index in [4.69, 9.17) is 4.98 Å². The number of rotatable bonds is 6. The quantitative estimate of drug-likeness (QED) is 0.752. The molecule has 3 rings (SSSR count). The highest BCUT2D eigenvalue weighted by Gasteiger charge is 2.10. The van der Waals surface area contributed by atoms with E-state index >= 15 is 0 Å². The number of carbonyl (C=O) groups excluding carboxylic acids is 1. The summed E-state index contributed by atoms with van der Waals surface area (Å²) < 4.78 is 2.26. The Morgan fingerprint density at radius 3 is 2.79 bits per heavy atom. The highest BCUT2D eigenvalue weighted by atomic mass is 16.1. The average molecular weight is 321 g/mol. The van der Waals surface area contributed by atoms with Crippen molar-refractivity contribution < 1.29 is 4.79 Å². The van der Waals surface area contributed by atoms with Crippen LogP contribution in [0.2, 0.25) is 0 Å². The smallest absolute Gasteiger partial charge is 0.251 e. The molecule has 4 heteroatoms. The second-order valence-corrected chi connectivity index (χ2v) is 6.04. The van der Waals surface area contributed by atoms with Gasteiger partial charge in [0.25, 0.3) is 5.91 Å². The molecule has 2 aromatic carbocycles. The fraction of sp³-hybridized carbons (Fsp3) is 0.300. The number of hydrogen-bond donors (Lipinski definition) is 1. The molecule has 0 aliphatic carbocycles. The normalized spacial score (nSPS) is 10.9. The van der Waals surface area contributed by atoms with Crippen LogP contribution in [0.15, 0.2) is 48.5 Å². The Balaban J connectivity index is 1.69. The van der Waals surface area contributed by atoms with E-state index in [1.165, 1.54) is 5.52 Å². The van der Waals surface area contributed by atoms with Gasteiger partial charge in [-0.1, -0.05) is 36.8 Å². The summed E-state index contributed by atoms with van der Waals surface area (Å²) in [5.41, 5.74) is 3.98. The fourth-order valence-electron chi connectivity index (χ4n) is 2.97. The molecular formula is C20H23N3O. The lowest BCUT2D eigenvalue weighted by molar-refractivity contribution is 0.0954. The van der Waals surface area contributed by atoms with Crippen molar-refractivity contribution in [2.24, 2.45) is 0 Å². The average Bonchev–Trinajstić information content (AvgIpc) is 2.93. The van der Waals surface area contributed by atoms with Crippen LogP contribution in [0.4, 0.5) is 0 Å². The van der Waals surface area contributed by atoms with Crippen molar-refractivity contribution >= 4 is 16.9 Å². The standard InChI is InChI=1S/C20H23N3O/c1-3-13-23-18-10-5-4-9-17(18)22-19(23)11-12-21-20(24)16-8-6-7-15(2)14-16/h4-10,14H,3,11-13H2,1-2H3,(H,21,24). The summed E-state index contributed by atoms with van der Waals surface area (Å²) in [6.07, 6.45) is 1.79. The lowest BCUT2D eigenvalue weighted by Crippen LogP contribution is -2.26. The summed E-state index contributed by atoms with van der Waals surface area (Å²) in [5, 5.41) is 3.00. The minimum absolute atomic E-state index is 0.0307. The van der Waals surface area contributed by atoms with Gasteiger partial charge in [-0.2, -0.15) is 0 Å². The van der Waals surface area contributed by atoms with Gasteiger partial charge in [-0.25, -0.2) is 4.98 Å². The largest absolute Gasteiger partial charge is 0.352 e. The second-order valence-electron chi connectivity index (χ2n) is 6.04. The molecule has 1 amide bonds. The Kier molecular flexibility index (Phi) is 4.94. The van der Waals surface area contributed by atoms with Crippen molar-refractivity contribution in [1.82, 2.24) is 14.9 Å². The third kappa shape index (κ3) is 3.48. The molecule has 0 saturated carbocycles.